The maximum absolute atomic E-state index is 11.8. The summed E-state index contributed by atoms with van der Waals surface area (Å²) >= 11 is 0. The standard InChI is InChI=1S/C17H13NO2/c1-20-17(19)16-10-6-5-9-15(16)14(11-12-18)13-7-3-2-4-8-13/h2-11H,1H3/b14-11+. The van der Waals surface area contributed by atoms with E-state index in [-0.39, 0.29) is 0 Å². The summed E-state index contributed by atoms with van der Waals surface area (Å²) in [5.74, 6) is -0.416. The molecule has 0 aromatic heterocycles. The van der Waals surface area contributed by atoms with Gasteiger partial charge in [-0.05, 0) is 17.2 Å². The number of nitriles is 1. The van der Waals surface area contributed by atoms with Crippen molar-refractivity contribution < 1.29 is 9.53 Å². The van der Waals surface area contributed by atoms with Gasteiger partial charge in [-0.1, -0.05) is 48.5 Å². The van der Waals surface area contributed by atoms with Gasteiger partial charge in [0.25, 0.3) is 0 Å². The largest absolute Gasteiger partial charge is 0.465 e. The van der Waals surface area contributed by atoms with Gasteiger partial charge in [0.15, 0.2) is 0 Å². The molecule has 3 nitrogen and oxygen atoms in total. The number of carbonyl (C=O) groups excluding carboxylic acids is 1. The Balaban J connectivity index is 2.61. The quantitative estimate of drug-likeness (QED) is 0.629. The molecule has 98 valence electrons. The number of hydrogen-bond donors (Lipinski definition) is 0. The van der Waals surface area contributed by atoms with Crippen LogP contribution in [0.15, 0.2) is 60.7 Å². The van der Waals surface area contributed by atoms with Crippen LogP contribution in [-0.4, -0.2) is 13.1 Å². The third-order valence-corrected chi connectivity index (χ3v) is 2.92. The molecule has 0 unspecified atom stereocenters. The van der Waals surface area contributed by atoms with Crippen LogP contribution < -0.4 is 0 Å². The van der Waals surface area contributed by atoms with E-state index in [0.717, 1.165) is 5.56 Å². The molecule has 0 fully saturated rings. The van der Waals surface area contributed by atoms with E-state index in [2.05, 4.69) is 0 Å². The third kappa shape index (κ3) is 2.76. The number of rotatable bonds is 3. The lowest BCUT2D eigenvalue weighted by Crippen LogP contribution is -2.05. The Morgan fingerprint density at radius 3 is 2.25 bits per heavy atom. The van der Waals surface area contributed by atoms with Crippen LogP contribution in [0.2, 0.25) is 0 Å². The number of allylic oxidation sites excluding steroid dienone is 1. The molecule has 2 aromatic carbocycles. The van der Waals surface area contributed by atoms with Crippen LogP contribution in [0.3, 0.4) is 0 Å². The summed E-state index contributed by atoms with van der Waals surface area (Å²) in [5, 5.41) is 9.00. The Bertz CT molecular complexity index is 682. The number of hydrogen-bond acceptors (Lipinski definition) is 3. The molecule has 0 saturated carbocycles. The minimum absolute atomic E-state index is 0.416. The predicted octanol–water partition coefficient (Wildman–Crippen LogP) is 3.43. The fourth-order valence-electron chi connectivity index (χ4n) is 2.00. The Morgan fingerprint density at radius 2 is 1.65 bits per heavy atom. The van der Waals surface area contributed by atoms with E-state index in [0.29, 0.717) is 16.7 Å². The van der Waals surface area contributed by atoms with Gasteiger partial charge in [0.1, 0.15) is 0 Å². The fourth-order valence-corrected chi connectivity index (χ4v) is 2.00. The first-order valence-corrected chi connectivity index (χ1v) is 6.11. The summed E-state index contributed by atoms with van der Waals surface area (Å²) < 4.78 is 4.79. The topological polar surface area (TPSA) is 50.1 Å². The smallest absolute Gasteiger partial charge is 0.338 e. The van der Waals surface area contributed by atoms with Crippen molar-refractivity contribution in [2.45, 2.75) is 0 Å². The Kier molecular flexibility index (Phi) is 4.31. The molecule has 0 spiro atoms. The minimum Gasteiger partial charge on any atom is -0.465 e. The lowest BCUT2D eigenvalue weighted by Gasteiger charge is -2.11. The van der Waals surface area contributed by atoms with Crippen LogP contribution >= 0.6 is 0 Å². The molecule has 0 amide bonds. The third-order valence-electron chi connectivity index (χ3n) is 2.92. The SMILES string of the molecule is COC(=O)c1ccccc1/C(=C/C#N)c1ccccc1. The van der Waals surface area contributed by atoms with Gasteiger partial charge in [0.05, 0.1) is 18.7 Å². The Hall–Kier alpha value is -2.86. The van der Waals surface area contributed by atoms with E-state index in [1.165, 1.54) is 13.2 Å². The molecule has 0 aliphatic rings. The monoisotopic (exact) mass is 263 g/mol. The van der Waals surface area contributed by atoms with Gasteiger partial charge in [-0.2, -0.15) is 5.26 Å². The van der Waals surface area contributed by atoms with Crippen molar-refractivity contribution >= 4 is 11.5 Å². The van der Waals surface area contributed by atoms with Crippen LogP contribution in [-0.2, 0) is 4.74 Å². The average Bonchev–Trinajstić information content (AvgIpc) is 2.53. The molecule has 2 rings (SSSR count). The van der Waals surface area contributed by atoms with Gasteiger partial charge in [0.2, 0.25) is 0 Å². The summed E-state index contributed by atoms with van der Waals surface area (Å²) in [4.78, 5) is 11.8. The molecular weight excluding hydrogens is 250 g/mol. The van der Waals surface area contributed by atoms with Gasteiger partial charge in [0, 0.05) is 11.6 Å². The zero-order chi connectivity index (χ0) is 14.4. The van der Waals surface area contributed by atoms with Crippen LogP contribution in [0.25, 0.3) is 5.57 Å². The number of ether oxygens (including phenoxy) is 1. The molecule has 0 atom stereocenters. The molecule has 20 heavy (non-hydrogen) atoms. The lowest BCUT2D eigenvalue weighted by atomic mass is 9.93. The zero-order valence-electron chi connectivity index (χ0n) is 11.0. The van der Waals surface area contributed by atoms with Gasteiger partial charge >= 0.3 is 5.97 Å². The molecular formula is C17H13NO2. The predicted molar refractivity (Wildman–Crippen MR) is 76.9 cm³/mol. The highest BCUT2D eigenvalue weighted by atomic mass is 16.5. The summed E-state index contributed by atoms with van der Waals surface area (Å²) in [5.41, 5.74) is 2.71. The van der Waals surface area contributed by atoms with Crippen LogP contribution in [0, 0.1) is 11.3 Å². The van der Waals surface area contributed by atoms with Crippen molar-refractivity contribution in [3.63, 3.8) is 0 Å². The molecule has 0 aliphatic carbocycles. The second-order valence-electron chi connectivity index (χ2n) is 4.09. The number of nitrogens with zero attached hydrogens (tertiary/aromatic N) is 1. The number of benzene rings is 2. The fraction of sp³-hybridized carbons (Fsp3) is 0.0588. The molecule has 0 aliphatic heterocycles. The highest BCUT2D eigenvalue weighted by Gasteiger charge is 2.15. The number of methoxy groups -OCH3 is 1. The summed E-state index contributed by atoms with van der Waals surface area (Å²) in [6.07, 6.45) is 1.44. The summed E-state index contributed by atoms with van der Waals surface area (Å²) in [6, 6.07) is 18.6. The van der Waals surface area contributed by atoms with E-state index in [1.807, 2.05) is 48.5 Å². The number of esters is 1. The highest BCUT2D eigenvalue weighted by Crippen LogP contribution is 2.26. The zero-order valence-corrected chi connectivity index (χ0v) is 11.0. The van der Waals surface area contributed by atoms with E-state index >= 15 is 0 Å². The minimum atomic E-state index is -0.416. The van der Waals surface area contributed by atoms with E-state index in [1.54, 1.807) is 12.1 Å². The molecule has 0 radical (unpaired) electrons. The molecule has 0 N–H and O–H groups in total. The van der Waals surface area contributed by atoms with Crippen molar-refractivity contribution in [3.05, 3.63) is 77.4 Å². The lowest BCUT2D eigenvalue weighted by molar-refractivity contribution is 0.0600. The maximum atomic E-state index is 11.8. The van der Waals surface area contributed by atoms with Crippen molar-refractivity contribution in [3.8, 4) is 6.07 Å². The van der Waals surface area contributed by atoms with Crippen molar-refractivity contribution in [1.82, 2.24) is 0 Å². The average molecular weight is 263 g/mol. The second kappa shape index (κ2) is 6.35. The summed E-state index contributed by atoms with van der Waals surface area (Å²) in [6.45, 7) is 0. The first kappa shape index (κ1) is 13.6. The molecule has 2 aromatic rings. The van der Waals surface area contributed by atoms with Crippen LogP contribution in [0.4, 0.5) is 0 Å². The number of carbonyl (C=O) groups is 1. The second-order valence-corrected chi connectivity index (χ2v) is 4.09. The van der Waals surface area contributed by atoms with E-state index in [9.17, 15) is 4.79 Å². The Labute approximate surface area is 117 Å². The highest BCUT2D eigenvalue weighted by molar-refractivity contribution is 5.98. The van der Waals surface area contributed by atoms with Crippen LogP contribution in [0.1, 0.15) is 21.5 Å². The maximum Gasteiger partial charge on any atom is 0.338 e. The Morgan fingerprint density at radius 1 is 1.05 bits per heavy atom. The molecule has 0 saturated heterocycles. The molecule has 0 heterocycles. The van der Waals surface area contributed by atoms with Gasteiger partial charge in [-0.25, -0.2) is 4.79 Å². The first-order valence-electron chi connectivity index (χ1n) is 6.11. The van der Waals surface area contributed by atoms with Crippen molar-refractivity contribution in [2.24, 2.45) is 0 Å². The van der Waals surface area contributed by atoms with Crippen molar-refractivity contribution in [2.75, 3.05) is 7.11 Å². The van der Waals surface area contributed by atoms with Gasteiger partial charge in [-0.3, -0.25) is 0 Å². The summed E-state index contributed by atoms with van der Waals surface area (Å²) in [7, 11) is 1.34. The van der Waals surface area contributed by atoms with Gasteiger partial charge in [-0.15, -0.1) is 0 Å². The molecule has 0 bridgehead atoms. The molecule has 3 heteroatoms. The van der Waals surface area contributed by atoms with Crippen LogP contribution in [0.5, 0.6) is 0 Å². The van der Waals surface area contributed by atoms with Gasteiger partial charge < -0.3 is 4.74 Å². The first-order chi connectivity index (χ1) is 9.77. The normalized spacial score (nSPS) is 10.7. The van der Waals surface area contributed by atoms with Crippen molar-refractivity contribution in [1.29, 1.82) is 5.26 Å². The van der Waals surface area contributed by atoms with E-state index < -0.39 is 5.97 Å². The van der Waals surface area contributed by atoms with E-state index in [4.69, 9.17) is 10.00 Å².